The zero-order chi connectivity index (χ0) is 14.5. The molecule has 20 heavy (non-hydrogen) atoms. The summed E-state index contributed by atoms with van der Waals surface area (Å²) in [5.41, 5.74) is 0.290. The number of halogens is 1. The smallest absolute Gasteiger partial charge is 0.256 e. The van der Waals surface area contributed by atoms with E-state index in [-0.39, 0.29) is 11.0 Å². The number of methoxy groups -OCH3 is 1. The molecule has 0 aliphatic heterocycles. The molecule has 0 unspecified atom stereocenters. The van der Waals surface area contributed by atoms with E-state index in [1.807, 2.05) is 0 Å². The fraction of sp³-hybridized carbons (Fsp3) is 0.286. The summed E-state index contributed by atoms with van der Waals surface area (Å²) in [4.78, 5) is 27.1. The van der Waals surface area contributed by atoms with E-state index in [0.29, 0.717) is 35.5 Å². The zero-order valence-corrected chi connectivity index (χ0v) is 11.8. The van der Waals surface area contributed by atoms with Gasteiger partial charge in [0.05, 0.1) is 10.5 Å². The van der Waals surface area contributed by atoms with Crippen LogP contribution in [0.4, 0.5) is 0 Å². The van der Waals surface area contributed by atoms with Gasteiger partial charge in [-0.05, 0) is 18.6 Å². The van der Waals surface area contributed by atoms with Gasteiger partial charge in [0.1, 0.15) is 5.56 Å². The lowest BCUT2D eigenvalue weighted by atomic mass is 10.1. The van der Waals surface area contributed by atoms with Gasteiger partial charge < -0.3 is 15.0 Å². The second-order valence-corrected chi connectivity index (χ2v) is 4.70. The Morgan fingerprint density at radius 1 is 1.45 bits per heavy atom. The highest BCUT2D eigenvalue weighted by molar-refractivity contribution is 6.35. The van der Waals surface area contributed by atoms with E-state index >= 15 is 0 Å². The summed E-state index contributed by atoms with van der Waals surface area (Å²) in [6, 6.07) is 5.01. The van der Waals surface area contributed by atoms with Crippen LogP contribution in [-0.4, -0.2) is 31.2 Å². The fourth-order valence-corrected chi connectivity index (χ4v) is 2.13. The molecule has 0 radical (unpaired) electrons. The lowest BCUT2D eigenvalue weighted by Crippen LogP contribution is -2.30. The van der Waals surface area contributed by atoms with Gasteiger partial charge >= 0.3 is 0 Å². The van der Waals surface area contributed by atoms with Gasteiger partial charge in [-0.3, -0.25) is 9.59 Å². The standard InChI is InChI=1S/C14H15ClN2O3/c1-20-7-3-6-16-14(19)10-8-17-12-9(13(10)18)4-2-5-11(12)15/h2,4-5,8H,3,6-7H2,1H3,(H,16,19)(H,17,18). The lowest BCUT2D eigenvalue weighted by Gasteiger charge is -2.06. The Hall–Kier alpha value is -1.85. The van der Waals surface area contributed by atoms with E-state index < -0.39 is 5.91 Å². The number of ether oxygens (including phenoxy) is 1. The first kappa shape index (κ1) is 14.6. The first-order valence-corrected chi connectivity index (χ1v) is 6.60. The predicted molar refractivity (Wildman–Crippen MR) is 78.4 cm³/mol. The number of aromatic amines is 1. The Bertz CT molecular complexity index is 682. The molecule has 0 aliphatic carbocycles. The summed E-state index contributed by atoms with van der Waals surface area (Å²) < 4.78 is 4.89. The third kappa shape index (κ3) is 3.00. The van der Waals surface area contributed by atoms with Crippen LogP contribution in [0.1, 0.15) is 16.8 Å². The molecular weight excluding hydrogens is 280 g/mol. The second kappa shape index (κ2) is 6.54. The first-order chi connectivity index (χ1) is 9.65. The van der Waals surface area contributed by atoms with Crippen molar-refractivity contribution in [1.29, 1.82) is 0 Å². The van der Waals surface area contributed by atoms with Crippen molar-refractivity contribution in [3.05, 3.63) is 45.2 Å². The maximum Gasteiger partial charge on any atom is 0.256 e. The maximum atomic E-state index is 12.2. The predicted octanol–water partition coefficient (Wildman–Crippen LogP) is 1.95. The van der Waals surface area contributed by atoms with E-state index in [1.165, 1.54) is 6.20 Å². The monoisotopic (exact) mass is 294 g/mol. The topological polar surface area (TPSA) is 71.2 Å². The largest absolute Gasteiger partial charge is 0.385 e. The molecular formula is C14H15ClN2O3. The summed E-state index contributed by atoms with van der Waals surface area (Å²) in [7, 11) is 1.60. The van der Waals surface area contributed by atoms with Crippen molar-refractivity contribution in [1.82, 2.24) is 10.3 Å². The van der Waals surface area contributed by atoms with Crippen LogP contribution in [0.2, 0.25) is 5.02 Å². The molecule has 0 fully saturated rings. The number of aromatic nitrogens is 1. The van der Waals surface area contributed by atoms with Crippen molar-refractivity contribution < 1.29 is 9.53 Å². The molecule has 2 aromatic rings. The van der Waals surface area contributed by atoms with Gasteiger partial charge in [-0.25, -0.2) is 0 Å². The third-order valence-electron chi connectivity index (χ3n) is 2.92. The summed E-state index contributed by atoms with van der Waals surface area (Å²) >= 11 is 5.99. The molecule has 0 aliphatic rings. The van der Waals surface area contributed by atoms with Crippen LogP contribution in [0.15, 0.2) is 29.2 Å². The van der Waals surface area contributed by atoms with Crippen molar-refractivity contribution in [2.24, 2.45) is 0 Å². The summed E-state index contributed by atoms with van der Waals surface area (Å²) in [6.07, 6.45) is 2.09. The Kier molecular flexibility index (Phi) is 4.76. The van der Waals surface area contributed by atoms with Crippen LogP contribution in [0, 0.1) is 0 Å². The number of H-pyrrole nitrogens is 1. The molecule has 106 valence electrons. The maximum absolute atomic E-state index is 12.2. The number of amides is 1. The summed E-state index contributed by atoms with van der Waals surface area (Å²) in [6.45, 7) is 1.02. The number of para-hydroxylation sites is 1. The molecule has 0 bridgehead atoms. The number of rotatable bonds is 5. The first-order valence-electron chi connectivity index (χ1n) is 6.22. The van der Waals surface area contributed by atoms with Crippen LogP contribution in [0.25, 0.3) is 10.9 Å². The number of pyridine rings is 1. The van der Waals surface area contributed by atoms with E-state index in [4.69, 9.17) is 16.3 Å². The van der Waals surface area contributed by atoms with Gasteiger partial charge in [-0.1, -0.05) is 17.7 Å². The zero-order valence-electron chi connectivity index (χ0n) is 11.0. The quantitative estimate of drug-likeness (QED) is 0.828. The highest BCUT2D eigenvalue weighted by Gasteiger charge is 2.13. The Labute approximate surface area is 120 Å². The lowest BCUT2D eigenvalue weighted by molar-refractivity contribution is 0.0947. The second-order valence-electron chi connectivity index (χ2n) is 4.30. The van der Waals surface area contributed by atoms with Crippen LogP contribution in [-0.2, 0) is 4.74 Å². The summed E-state index contributed by atoms with van der Waals surface area (Å²) in [5.74, 6) is -0.399. The number of fused-ring (bicyclic) bond motifs is 1. The van der Waals surface area contributed by atoms with Gasteiger partial charge in [0, 0.05) is 31.8 Å². The highest BCUT2D eigenvalue weighted by Crippen LogP contribution is 2.18. The van der Waals surface area contributed by atoms with Gasteiger partial charge in [-0.15, -0.1) is 0 Å². The SMILES string of the molecule is COCCCNC(=O)c1c[nH]c2c(Cl)cccc2c1=O. The molecule has 0 saturated carbocycles. The molecule has 0 atom stereocenters. The average molecular weight is 295 g/mol. The van der Waals surface area contributed by atoms with Gasteiger partial charge in [0.25, 0.3) is 5.91 Å². The normalized spacial score (nSPS) is 10.7. The number of carbonyl (C=O) groups excluding carboxylic acids is 1. The summed E-state index contributed by atoms with van der Waals surface area (Å²) in [5, 5.41) is 3.54. The fourth-order valence-electron chi connectivity index (χ4n) is 1.90. The van der Waals surface area contributed by atoms with Crippen LogP contribution in [0.5, 0.6) is 0 Å². The molecule has 1 aromatic carbocycles. The van der Waals surface area contributed by atoms with Gasteiger partial charge in [0.15, 0.2) is 0 Å². The van der Waals surface area contributed by atoms with E-state index in [0.717, 1.165) is 0 Å². The average Bonchev–Trinajstić information content (AvgIpc) is 2.45. The molecule has 5 nitrogen and oxygen atoms in total. The minimum Gasteiger partial charge on any atom is -0.385 e. The van der Waals surface area contributed by atoms with Gasteiger partial charge in [0.2, 0.25) is 5.43 Å². The van der Waals surface area contributed by atoms with Crippen molar-refractivity contribution in [3.8, 4) is 0 Å². The number of nitrogens with one attached hydrogen (secondary N) is 2. The number of hydrogen-bond donors (Lipinski definition) is 2. The van der Waals surface area contributed by atoms with Crippen LogP contribution < -0.4 is 10.7 Å². The molecule has 1 amide bonds. The van der Waals surface area contributed by atoms with E-state index in [2.05, 4.69) is 10.3 Å². The minimum atomic E-state index is -0.399. The molecule has 6 heteroatoms. The van der Waals surface area contributed by atoms with E-state index in [1.54, 1.807) is 25.3 Å². The van der Waals surface area contributed by atoms with Gasteiger partial charge in [-0.2, -0.15) is 0 Å². The highest BCUT2D eigenvalue weighted by atomic mass is 35.5. The molecule has 1 aromatic heterocycles. The number of benzene rings is 1. The molecule has 1 heterocycles. The van der Waals surface area contributed by atoms with E-state index in [9.17, 15) is 9.59 Å². The Morgan fingerprint density at radius 2 is 2.25 bits per heavy atom. The van der Waals surface area contributed by atoms with Crippen LogP contribution in [0.3, 0.4) is 0 Å². The Balaban J connectivity index is 2.25. The van der Waals surface area contributed by atoms with Crippen molar-refractivity contribution in [2.45, 2.75) is 6.42 Å². The number of hydrogen-bond acceptors (Lipinski definition) is 3. The molecule has 2 N–H and O–H groups in total. The number of carbonyl (C=O) groups is 1. The van der Waals surface area contributed by atoms with Crippen molar-refractivity contribution in [3.63, 3.8) is 0 Å². The molecule has 0 saturated heterocycles. The van der Waals surface area contributed by atoms with Crippen LogP contribution >= 0.6 is 11.6 Å². The minimum absolute atomic E-state index is 0.0807. The molecule has 0 spiro atoms. The molecule has 2 rings (SSSR count). The Morgan fingerprint density at radius 3 is 3.00 bits per heavy atom. The van der Waals surface area contributed by atoms with Crippen molar-refractivity contribution >= 4 is 28.4 Å². The van der Waals surface area contributed by atoms with Crippen molar-refractivity contribution in [2.75, 3.05) is 20.3 Å². The third-order valence-corrected chi connectivity index (χ3v) is 3.23.